The van der Waals surface area contributed by atoms with Gasteiger partial charge in [0, 0.05) is 17.1 Å². The first-order valence-corrected chi connectivity index (χ1v) is 13.8. The number of methoxy groups -OCH3 is 1. The Morgan fingerprint density at radius 3 is 2.64 bits per heavy atom. The zero-order chi connectivity index (χ0) is 23.4. The summed E-state index contributed by atoms with van der Waals surface area (Å²) in [5.41, 5.74) is 1.75. The van der Waals surface area contributed by atoms with E-state index in [0.29, 0.717) is 6.61 Å². The summed E-state index contributed by atoms with van der Waals surface area (Å²) in [6, 6.07) is 7.68. The summed E-state index contributed by atoms with van der Waals surface area (Å²) in [4.78, 5) is 21.0. The van der Waals surface area contributed by atoms with Crippen LogP contribution >= 0.6 is 23.1 Å². The van der Waals surface area contributed by atoms with Gasteiger partial charge in [-0.3, -0.25) is 9.36 Å². The van der Waals surface area contributed by atoms with Crippen LogP contribution in [0.4, 0.5) is 0 Å². The summed E-state index contributed by atoms with van der Waals surface area (Å²) in [6.07, 6.45) is 7.80. The molecule has 1 aromatic carbocycles. The molecule has 0 saturated heterocycles. The van der Waals surface area contributed by atoms with Crippen LogP contribution in [-0.4, -0.2) is 28.0 Å². The van der Waals surface area contributed by atoms with E-state index < -0.39 is 0 Å². The third-order valence-electron chi connectivity index (χ3n) is 6.54. The molecule has 3 aromatic rings. The van der Waals surface area contributed by atoms with Crippen molar-refractivity contribution in [2.75, 3.05) is 12.9 Å². The average molecular weight is 487 g/mol. The number of thiophene rings is 1. The lowest BCUT2D eigenvalue weighted by Crippen LogP contribution is -2.34. The second kappa shape index (κ2) is 10.6. The lowest BCUT2D eigenvalue weighted by Gasteiger charge is -2.32. The van der Waals surface area contributed by atoms with E-state index in [9.17, 15) is 4.79 Å². The molecule has 0 spiro atoms. The summed E-state index contributed by atoms with van der Waals surface area (Å²) >= 11 is 3.30. The third kappa shape index (κ3) is 5.15. The van der Waals surface area contributed by atoms with Gasteiger partial charge in [0.25, 0.3) is 5.56 Å². The lowest BCUT2D eigenvalue weighted by molar-refractivity contribution is -0.0543. The van der Waals surface area contributed by atoms with Crippen molar-refractivity contribution in [2.45, 2.75) is 83.1 Å². The Morgan fingerprint density at radius 2 is 1.94 bits per heavy atom. The molecular formula is C26H34N2O3S2. The number of ether oxygens (including phenoxy) is 2. The molecular weight excluding hydrogens is 452 g/mol. The molecule has 7 heteroatoms. The Bertz CT molecular complexity index is 1150. The summed E-state index contributed by atoms with van der Waals surface area (Å²) in [5.74, 6) is 1.73. The summed E-state index contributed by atoms with van der Waals surface area (Å²) in [6.45, 7) is 7.07. The minimum atomic E-state index is -0.232. The number of hydrogen-bond acceptors (Lipinski definition) is 6. The third-order valence-corrected chi connectivity index (χ3v) is 8.66. The van der Waals surface area contributed by atoms with Crippen LogP contribution in [0.5, 0.6) is 5.75 Å². The molecule has 0 N–H and O–H groups in total. The van der Waals surface area contributed by atoms with Gasteiger partial charge in [0.05, 0.1) is 30.4 Å². The van der Waals surface area contributed by atoms with E-state index >= 15 is 0 Å². The molecule has 1 atom stereocenters. The smallest absolute Gasteiger partial charge is 0.267 e. The number of nitrogens with zero attached hydrogens (tertiary/aromatic N) is 2. The predicted molar refractivity (Wildman–Crippen MR) is 138 cm³/mol. The minimum absolute atomic E-state index is 0.0245. The van der Waals surface area contributed by atoms with Gasteiger partial charge in [-0.05, 0) is 49.6 Å². The molecule has 5 nitrogen and oxygen atoms in total. The van der Waals surface area contributed by atoms with Gasteiger partial charge >= 0.3 is 0 Å². The fourth-order valence-corrected chi connectivity index (χ4v) is 6.41. The van der Waals surface area contributed by atoms with Crippen LogP contribution < -0.4 is 10.3 Å². The normalized spacial score (nSPS) is 17.9. The summed E-state index contributed by atoms with van der Waals surface area (Å²) < 4.78 is 13.3. The van der Waals surface area contributed by atoms with Crippen LogP contribution in [0, 0.1) is 0 Å². The molecule has 0 amide bonds. The average Bonchev–Trinajstić information content (AvgIpc) is 3.19. The molecule has 1 aliphatic heterocycles. The number of aromatic nitrogens is 2. The zero-order valence-electron chi connectivity index (χ0n) is 20.1. The summed E-state index contributed by atoms with van der Waals surface area (Å²) in [5, 5.41) is 1.53. The maximum atomic E-state index is 14.0. The number of benzene rings is 1. The van der Waals surface area contributed by atoms with Crippen molar-refractivity contribution in [1.82, 2.24) is 9.55 Å². The van der Waals surface area contributed by atoms with Crippen LogP contribution in [0.3, 0.4) is 0 Å². The van der Waals surface area contributed by atoms with Crippen molar-refractivity contribution < 1.29 is 9.47 Å². The van der Waals surface area contributed by atoms with Crippen LogP contribution in [0.25, 0.3) is 15.9 Å². The largest absolute Gasteiger partial charge is 0.497 e. The van der Waals surface area contributed by atoms with Crippen molar-refractivity contribution in [2.24, 2.45) is 0 Å². The van der Waals surface area contributed by atoms with Gasteiger partial charge < -0.3 is 9.47 Å². The van der Waals surface area contributed by atoms with Crippen molar-refractivity contribution in [1.29, 1.82) is 0 Å². The Labute approximate surface area is 204 Å². The quantitative estimate of drug-likeness (QED) is 0.180. The fraction of sp³-hybridized carbons (Fsp3) is 0.538. The molecule has 0 fully saturated rings. The SMILES string of the molecule is CCCCCCCSc1nc2sc3c(c2c(=O)n1-c1ccc(OC)cc1)C[C@](C)(CC)OC3. The lowest BCUT2D eigenvalue weighted by atomic mass is 9.90. The van der Waals surface area contributed by atoms with E-state index in [1.54, 1.807) is 34.8 Å². The van der Waals surface area contributed by atoms with Crippen molar-refractivity contribution >= 4 is 33.3 Å². The fourth-order valence-electron chi connectivity index (χ4n) is 4.25. The molecule has 0 aliphatic carbocycles. The first-order valence-electron chi connectivity index (χ1n) is 12.0. The minimum Gasteiger partial charge on any atom is -0.497 e. The maximum absolute atomic E-state index is 14.0. The van der Waals surface area contributed by atoms with Crippen LogP contribution in [0.2, 0.25) is 0 Å². The molecule has 3 heterocycles. The molecule has 0 radical (unpaired) electrons. The van der Waals surface area contributed by atoms with Crippen LogP contribution in [0.15, 0.2) is 34.2 Å². The van der Waals surface area contributed by atoms with E-state index in [1.165, 1.54) is 25.7 Å². The second-order valence-electron chi connectivity index (χ2n) is 8.95. The van der Waals surface area contributed by atoms with Crippen molar-refractivity contribution in [3.05, 3.63) is 45.1 Å². The monoisotopic (exact) mass is 486 g/mol. The van der Waals surface area contributed by atoms with E-state index in [1.807, 2.05) is 24.3 Å². The number of hydrogen-bond donors (Lipinski definition) is 0. The van der Waals surface area contributed by atoms with Gasteiger partial charge in [-0.1, -0.05) is 51.3 Å². The molecule has 33 heavy (non-hydrogen) atoms. The maximum Gasteiger partial charge on any atom is 0.267 e. The number of fused-ring (bicyclic) bond motifs is 3. The van der Waals surface area contributed by atoms with Gasteiger partial charge in [-0.2, -0.15) is 0 Å². The molecule has 0 saturated carbocycles. The highest BCUT2D eigenvalue weighted by Crippen LogP contribution is 2.39. The first kappa shape index (κ1) is 24.3. The van der Waals surface area contributed by atoms with E-state index in [-0.39, 0.29) is 11.2 Å². The topological polar surface area (TPSA) is 53.4 Å². The number of thioether (sulfide) groups is 1. The molecule has 4 rings (SSSR count). The number of unbranched alkanes of at least 4 members (excludes halogenated alkanes) is 4. The highest BCUT2D eigenvalue weighted by molar-refractivity contribution is 7.99. The van der Waals surface area contributed by atoms with Gasteiger partial charge in [0.15, 0.2) is 5.16 Å². The molecule has 178 valence electrons. The standard InChI is InChI=1S/C26H34N2O3S2/c1-5-7-8-9-10-15-32-25-27-23-22(20-16-26(3,6-2)31-17-21(20)33-23)24(29)28(25)18-11-13-19(30-4)14-12-18/h11-14H,5-10,15-17H2,1-4H3/t26-/m0/s1. The van der Waals surface area contributed by atoms with Gasteiger partial charge in [0.1, 0.15) is 10.6 Å². The highest BCUT2D eigenvalue weighted by atomic mass is 32.2. The molecule has 1 aliphatic rings. The Balaban J connectivity index is 1.76. The molecule has 2 aromatic heterocycles. The first-order chi connectivity index (χ1) is 16.0. The Hall–Kier alpha value is -1.83. The molecule has 0 unspecified atom stereocenters. The molecule has 0 bridgehead atoms. The highest BCUT2D eigenvalue weighted by Gasteiger charge is 2.33. The second-order valence-corrected chi connectivity index (χ2v) is 11.1. The Morgan fingerprint density at radius 1 is 1.18 bits per heavy atom. The van der Waals surface area contributed by atoms with Crippen molar-refractivity contribution in [3.63, 3.8) is 0 Å². The summed E-state index contributed by atoms with van der Waals surface area (Å²) in [7, 11) is 1.65. The van der Waals surface area contributed by atoms with E-state index in [4.69, 9.17) is 14.5 Å². The van der Waals surface area contributed by atoms with Gasteiger partial charge in [-0.15, -0.1) is 11.3 Å². The van der Waals surface area contributed by atoms with Crippen LogP contribution in [-0.2, 0) is 17.8 Å². The number of rotatable bonds is 10. The van der Waals surface area contributed by atoms with Gasteiger partial charge in [0.2, 0.25) is 0 Å². The Kier molecular flexibility index (Phi) is 7.82. The predicted octanol–water partition coefficient (Wildman–Crippen LogP) is 6.76. The zero-order valence-corrected chi connectivity index (χ0v) is 21.7. The van der Waals surface area contributed by atoms with Gasteiger partial charge in [-0.25, -0.2) is 4.98 Å². The van der Waals surface area contributed by atoms with E-state index in [0.717, 1.165) is 62.3 Å². The van der Waals surface area contributed by atoms with Crippen molar-refractivity contribution in [3.8, 4) is 11.4 Å². The van der Waals surface area contributed by atoms with Crippen LogP contribution in [0.1, 0.15) is 69.7 Å². The van der Waals surface area contributed by atoms with E-state index in [2.05, 4.69) is 20.8 Å².